The molecule has 0 bridgehead atoms. The molecule has 1 aromatic rings. The Morgan fingerprint density at radius 2 is 0.647 bits per heavy atom. The molecule has 0 aliphatic rings. The molecular weight excluding hydrogens is 810 g/mol. The third kappa shape index (κ3) is 26.1. The summed E-state index contributed by atoms with van der Waals surface area (Å²) in [6.07, 6.45) is 4.40. The first kappa shape index (κ1) is 47.7. The van der Waals surface area contributed by atoms with Crippen molar-refractivity contribution in [1.82, 2.24) is 0 Å². The van der Waals surface area contributed by atoms with Gasteiger partial charge in [-0.3, -0.25) is 4.79 Å². The fourth-order valence-corrected chi connectivity index (χ4v) is 4.27. The Balaban J connectivity index is 1.73. The number of rotatable bonds is 37. The number of carbonyl (C=O) groups excluding carboxylic acids is 1. The van der Waals surface area contributed by atoms with E-state index in [0.717, 1.165) is 13.0 Å². The van der Waals surface area contributed by atoms with E-state index in [1.54, 1.807) is 0 Å². The minimum Gasteiger partial charge on any atom is -0.420 e. The number of carbonyl (C=O) groups is 1. The van der Waals surface area contributed by atoms with Gasteiger partial charge >= 0.3 is 5.97 Å². The Bertz CT molecular complexity index is 973. The first-order chi connectivity index (χ1) is 24.9. The number of esters is 1. The first-order valence-corrected chi connectivity index (χ1v) is 18.5. The largest absolute Gasteiger partial charge is 0.420 e. The molecule has 0 fully saturated rings. The van der Waals surface area contributed by atoms with Crippen molar-refractivity contribution >= 4 is 28.6 Å². The van der Waals surface area contributed by atoms with Crippen molar-refractivity contribution in [3.8, 4) is 5.75 Å². The zero-order chi connectivity index (χ0) is 37.2. The van der Waals surface area contributed by atoms with E-state index in [1.807, 2.05) is 0 Å². The summed E-state index contributed by atoms with van der Waals surface area (Å²) in [4.78, 5) is 11.6. The Kier molecular flexibility index (Phi) is 32.2. The second-order valence-corrected chi connectivity index (χ2v) is 11.4. The molecule has 0 aliphatic carbocycles. The molecule has 51 heavy (non-hydrogen) atoms. The number of unbranched alkanes of at least 4 members (excludes halogenated alkanes) is 3. The monoisotopic (exact) mass is 862 g/mol. The molecule has 0 amide bonds. The lowest BCUT2D eigenvalue weighted by Crippen LogP contribution is -2.16. The molecule has 12 nitrogen and oxygen atoms in total. The second kappa shape index (κ2) is 34.4. The van der Waals surface area contributed by atoms with Crippen molar-refractivity contribution in [2.45, 2.75) is 32.1 Å². The van der Waals surface area contributed by atoms with E-state index >= 15 is 0 Å². The number of halogens is 6. The molecule has 0 saturated heterocycles. The number of alkyl halides is 1. The van der Waals surface area contributed by atoms with Gasteiger partial charge in [0.2, 0.25) is 34.8 Å². The van der Waals surface area contributed by atoms with Crippen LogP contribution in [0.4, 0.5) is 22.0 Å². The van der Waals surface area contributed by atoms with Crippen LogP contribution in [0.25, 0.3) is 0 Å². The summed E-state index contributed by atoms with van der Waals surface area (Å²) in [7, 11) is 0. The van der Waals surface area contributed by atoms with Crippen LogP contribution >= 0.6 is 22.6 Å². The van der Waals surface area contributed by atoms with Crippen molar-refractivity contribution in [1.29, 1.82) is 0 Å². The molecule has 0 unspecified atom stereocenters. The summed E-state index contributed by atoms with van der Waals surface area (Å²) in [5.74, 6) is -14.1. The fraction of sp³-hybridized carbons (Fsp3) is 0.788. The summed E-state index contributed by atoms with van der Waals surface area (Å²) in [5, 5.41) is 0. The zero-order valence-electron chi connectivity index (χ0n) is 29.1. The number of benzene rings is 1. The van der Waals surface area contributed by atoms with Crippen molar-refractivity contribution in [3.63, 3.8) is 0 Å². The van der Waals surface area contributed by atoms with Crippen LogP contribution in [-0.2, 0) is 52.2 Å². The third-order valence-electron chi connectivity index (χ3n) is 6.36. The van der Waals surface area contributed by atoms with E-state index in [-0.39, 0.29) is 26.4 Å². The SMILES string of the molecule is O=C(CCOCCOCCOCCOCCOCCOCCOCCOCCOCCOCCCCCCI)Oc1c(F)c(F)c(F)c(F)c1F. The topological polar surface area (TPSA) is 119 Å². The molecule has 1 rings (SSSR count). The number of ether oxygens (including phenoxy) is 11. The number of hydrogen-bond donors (Lipinski definition) is 0. The smallest absolute Gasteiger partial charge is 0.313 e. The van der Waals surface area contributed by atoms with Gasteiger partial charge in [-0.15, -0.1) is 0 Å². The van der Waals surface area contributed by atoms with Crippen molar-refractivity contribution in [3.05, 3.63) is 29.1 Å². The van der Waals surface area contributed by atoms with Gasteiger partial charge in [-0.1, -0.05) is 35.4 Å². The van der Waals surface area contributed by atoms with Crippen LogP contribution in [0.5, 0.6) is 5.75 Å². The van der Waals surface area contributed by atoms with Gasteiger partial charge in [0.25, 0.3) is 0 Å². The van der Waals surface area contributed by atoms with Gasteiger partial charge in [0.15, 0.2) is 0 Å². The maximum atomic E-state index is 13.5. The van der Waals surface area contributed by atoms with Crippen molar-refractivity contribution in [2.75, 3.05) is 137 Å². The molecule has 0 spiro atoms. The van der Waals surface area contributed by atoms with Crippen LogP contribution in [0.1, 0.15) is 32.1 Å². The normalized spacial score (nSPS) is 11.5. The van der Waals surface area contributed by atoms with Gasteiger partial charge in [-0.05, 0) is 17.3 Å². The Morgan fingerprint density at radius 1 is 0.373 bits per heavy atom. The van der Waals surface area contributed by atoms with E-state index < -0.39 is 47.2 Å². The highest BCUT2D eigenvalue weighted by molar-refractivity contribution is 14.1. The van der Waals surface area contributed by atoms with Gasteiger partial charge in [-0.25, -0.2) is 13.2 Å². The van der Waals surface area contributed by atoms with E-state index in [1.165, 1.54) is 23.7 Å². The van der Waals surface area contributed by atoms with Crippen LogP contribution in [0, 0.1) is 29.1 Å². The van der Waals surface area contributed by atoms with Gasteiger partial charge in [0.1, 0.15) is 0 Å². The van der Waals surface area contributed by atoms with Gasteiger partial charge in [-0.2, -0.15) is 8.78 Å². The van der Waals surface area contributed by atoms with Gasteiger partial charge < -0.3 is 52.1 Å². The summed E-state index contributed by atoms with van der Waals surface area (Å²) < 4.78 is 126. The lowest BCUT2D eigenvalue weighted by molar-refractivity contribution is -0.136. The zero-order valence-corrected chi connectivity index (χ0v) is 31.2. The van der Waals surface area contributed by atoms with Crippen LogP contribution in [0.3, 0.4) is 0 Å². The Hall–Kier alpha value is -1.33. The third-order valence-corrected chi connectivity index (χ3v) is 7.12. The van der Waals surface area contributed by atoms with Crippen LogP contribution in [0.15, 0.2) is 0 Å². The molecule has 0 atom stereocenters. The molecule has 0 saturated carbocycles. The molecule has 0 aliphatic heterocycles. The molecule has 1 aromatic carbocycles. The van der Waals surface area contributed by atoms with Crippen LogP contribution < -0.4 is 4.74 Å². The van der Waals surface area contributed by atoms with E-state index in [0.29, 0.717) is 99.1 Å². The van der Waals surface area contributed by atoms with Gasteiger partial charge in [0, 0.05) is 6.61 Å². The second-order valence-electron chi connectivity index (χ2n) is 10.4. The highest BCUT2D eigenvalue weighted by atomic mass is 127. The molecule has 0 aromatic heterocycles. The summed E-state index contributed by atoms with van der Waals surface area (Å²) in [6.45, 7) is 8.05. The number of hydrogen-bond acceptors (Lipinski definition) is 12. The van der Waals surface area contributed by atoms with Crippen LogP contribution in [-0.4, -0.2) is 143 Å². The predicted octanol–water partition coefficient (Wildman–Crippen LogP) is 4.84. The average Bonchev–Trinajstić information content (AvgIpc) is 3.13. The fourth-order valence-electron chi connectivity index (χ4n) is 3.73. The predicted molar refractivity (Wildman–Crippen MR) is 182 cm³/mol. The molecule has 0 radical (unpaired) electrons. The van der Waals surface area contributed by atoms with Crippen molar-refractivity contribution in [2.24, 2.45) is 0 Å². The Morgan fingerprint density at radius 3 is 0.980 bits per heavy atom. The minimum absolute atomic E-state index is 0.0837. The maximum Gasteiger partial charge on any atom is 0.313 e. The molecule has 298 valence electrons. The molecule has 0 heterocycles. The molecular formula is C33H52F5IO12. The van der Waals surface area contributed by atoms with E-state index in [2.05, 4.69) is 27.3 Å². The lowest BCUT2D eigenvalue weighted by Gasteiger charge is -2.09. The van der Waals surface area contributed by atoms with E-state index in [9.17, 15) is 26.7 Å². The van der Waals surface area contributed by atoms with Crippen LogP contribution in [0.2, 0.25) is 0 Å². The highest BCUT2D eigenvalue weighted by Gasteiger charge is 2.28. The standard InChI is InChI=1S/C33H52F5IO12/c34-28-29(35)31(37)33(32(38)30(28)36)51-27(40)5-8-42-10-12-44-14-16-46-18-20-48-22-24-50-26-25-49-23-21-47-19-17-45-15-13-43-11-9-41-7-4-2-1-3-6-39/h1-26H2. The average molecular weight is 863 g/mol. The lowest BCUT2D eigenvalue weighted by atomic mass is 10.2. The maximum absolute atomic E-state index is 13.5. The summed E-state index contributed by atoms with van der Waals surface area (Å²) in [5.41, 5.74) is 0. The highest BCUT2D eigenvalue weighted by Crippen LogP contribution is 2.29. The summed E-state index contributed by atoms with van der Waals surface area (Å²) in [6, 6.07) is 0. The molecule has 18 heteroatoms. The minimum atomic E-state index is -2.35. The van der Waals surface area contributed by atoms with E-state index in [4.69, 9.17) is 47.4 Å². The quantitative estimate of drug-likeness (QED) is 0.0133. The van der Waals surface area contributed by atoms with Crippen molar-refractivity contribution < 1.29 is 78.9 Å². The van der Waals surface area contributed by atoms with Gasteiger partial charge in [0.05, 0.1) is 132 Å². The summed E-state index contributed by atoms with van der Waals surface area (Å²) >= 11 is 2.40. The Labute approximate surface area is 310 Å². The molecule has 0 N–H and O–H groups in total. The first-order valence-electron chi connectivity index (χ1n) is 17.0.